The van der Waals surface area contributed by atoms with Crippen molar-refractivity contribution in [1.29, 1.82) is 0 Å². The highest BCUT2D eigenvalue weighted by atomic mass is 32.2. The highest BCUT2D eigenvalue weighted by Gasteiger charge is 2.28. The lowest BCUT2D eigenvalue weighted by atomic mass is 10.0. The molecular weight excluding hydrogens is 358 g/mol. The molecule has 0 saturated carbocycles. The molecule has 2 aromatic rings. The second-order valence-corrected chi connectivity index (χ2v) is 7.70. The van der Waals surface area contributed by atoms with E-state index < -0.39 is 6.04 Å². The number of hydrogen-bond acceptors (Lipinski definition) is 4. The highest BCUT2D eigenvalue weighted by molar-refractivity contribution is 8.00. The minimum Gasteiger partial charge on any atom is -0.399 e. The SMILES string of the molecule is Nc1ccc(SCC(=O)NC(C(=O)N2CCCCC2)c2ccccc2)cc1. The van der Waals surface area contributed by atoms with Crippen molar-refractivity contribution in [2.24, 2.45) is 0 Å². The second-order valence-electron chi connectivity index (χ2n) is 6.65. The van der Waals surface area contributed by atoms with Crippen molar-refractivity contribution < 1.29 is 9.59 Å². The van der Waals surface area contributed by atoms with E-state index in [2.05, 4.69) is 5.32 Å². The van der Waals surface area contributed by atoms with Gasteiger partial charge >= 0.3 is 0 Å². The van der Waals surface area contributed by atoms with E-state index in [1.807, 2.05) is 59.5 Å². The zero-order valence-corrected chi connectivity index (χ0v) is 16.1. The van der Waals surface area contributed by atoms with E-state index in [9.17, 15) is 9.59 Å². The summed E-state index contributed by atoms with van der Waals surface area (Å²) in [5.41, 5.74) is 7.20. The van der Waals surface area contributed by atoms with Crippen LogP contribution in [0.25, 0.3) is 0 Å². The van der Waals surface area contributed by atoms with E-state index in [-0.39, 0.29) is 17.6 Å². The smallest absolute Gasteiger partial charge is 0.249 e. The van der Waals surface area contributed by atoms with Gasteiger partial charge in [0.1, 0.15) is 6.04 Å². The van der Waals surface area contributed by atoms with E-state index in [1.54, 1.807) is 0 Å². The van der Waals surface area contributed by atoms with E-state index >= 15 is 0 Å². The molecule has 27 heavy (non-hydrogen) atoms. The van der Waals surface area contributed by atoms with Gasteiger partial charge in [0.05, 0.1) is 5.75 Å². The quantitative estimate of drug-likeness (QED) is 0.593. The zero-order chi connectivity index (χ0) is 19.1. The minimum atomic E-state index is -0.635. The molecule has 0 aromatic heterocycles. The molecule has 1 fully saturated rings. The molecule has 3 rings (SSSR count). The third kappa shape index (κ3) is 5.50. The number of likely N-dealkylation sites (tertiary alicyclic amines) is 1. The van der Waals surface area contributed by atoms with Gasteiger partial charge in [0, 0.05) is 23.7 Å². The predicted molar refractivity (Wildman–Crippen MR) is 109 cm³/mol. The summed E-state index contributed by atoms with van der Waals surface area (Å²) >= 11 is 1.43. The second kappa shape index (κ2) is 9.46. The Bertz CT molecular complexity index is 759. The monoisotopic (exact) mass is 383 g/mol. The number of thioether (sulfide) groups is 1. The molecule has 1 heterocycles. The number of carbonyl (C=O) groups excluding carboxylic acids is 2. The topological polar surface area (TPSA) is 75.4 Å². The van der Waals surface area contributed by atoms with Crippen LogP contribution in [0.2, 0.25) is 0 Å². The van der Waals surface area contributed by atoms with E-state index in [1.165, 1.54) is 11.8 Å². The van der Waals surface area contributed by atoms with Crippen LogP contribution < -0.4 is 11.1 Å². The summed E-state index contributed by atoms with van der Waals surface area (Å²) in [5.74, 6) is 0.0725. The molecule has 1 saturated heterocycles. The van der Waals surface area contributed by atoms with Gasteiger partial charge in [0.25, 0.3) is 0 Å². The molecule has 2 amide bonds. The molecule has 0 aliphatic carbocycles. The first-order chi connectivity index (χ1) is 13.1. The van der Waals surface area contributed by atoms with Crippen LogP contribution in [0.15, 0.2) is 59.5 Å². The van der Waals surface area contributed by atoms with Crippen molar-refractivity contribution in [2.45, 2.75) is 30.2 Å². The molecule has 1 unspecified atom stereocenters. The number of benzene rings is 2. The summed E-state index contributed by atoms with van der Waals surface area (Å²) in [6, 6.07) is 16.2. The Balaban J connectivity index is 1.66. The molecule has 3 N–H and O–H groups in total. The van der Waals surface area contributed by atoms with Crippen LogP contribution in [-0.4, -0.2) is 35.6 Å². The molecule has 0 radical (unpaired) electrons. The van der Waals surface area contributed by atoms with Gasteiger partial charge in [0.15, 0.2) is 0 Å². The molecule has 1 atom stereocenters. The van der Waals surface area contributed by atoms with Crippen molar-refractivity contribution in [1.82, 2.24) is 10.2 Å². The first-order valence-corrected chi connectivity index (χ1v) is 10.2. The van der Waals surface area contributed by atoms with Crippen molar-refractivity contribution in [3.63, 3.8) is 0 Å². The van der Waals surface area contributed by atoms with Crippen molar-refractivity contribution in [2.75, 3.05) is 24.6 Å². The van der Waals surface area contributed by atoms with Gasteiger partial charge in [-0.15, -0.1) is 11.8 Å². The van der Waals surface area contributed by atoms with Crippen molar-refractivity contribution in [3.05, 3.63) is 60.2 Å². The summed E-state index contributed by atoms with van der Waals surface area (Å²) in [6.07, 6.45) is 3.20. The average Bonchev–Trinajstić information content (AvgIpc) is 2.72. The lowest BCUT2D eigenvalue weighted by Crippen LogP contribution is -2.45. The first-order valence-electron chi connectivity index (χ1n) is 9.25. The Kier molecular flexibility index (Phi) is 6.76. The largest absolute Gasteiger partial charge is 0.399 e. The first kappa shape index (κ1) is 19.3. The molecule has 2 aromatic carbocycles. The molecule has 0 bridgehead atoms. The highest BCUT2D eigenvalue weighted by Crippen LogP contribution is 2.21. The number of carbonyl (C=O) groups is 2. The van der Waals surface area contributed by atoms with E-state index in [0.29, 0.717) is 5.69 Å². The summed E-state index contributed by atoms with van der Waals surface area (Å²) in [7, 11) is 0. The predicted octanol–water partition coefficient (Wildman–Crippen LogP) is 3.23. The van der Waals surface area contributed by atoms with Crippen LogP contribution in [0.5, 0.6) is 0 Å². The Morgan fingerprint density at radius 3 is 2.33 bits per heavy atom. The number of piperidine rings is 1. The Labute approximate surface area is 164 Å². The third-order valence-electron chi connectivity index (χ3n) is 4.60. The van der Waals surface area contributed by atoms with Crippen LogP contribution in [-0.2, 0) is 9.59 Å². The molecule has 0 spiro atoms. The fourth-order valence-electron chi connectivity index (χ4n) is 3.15. The number of hydrogen-bond donors (Lipinski definition) is 2. The van der Waals surface area contributed by atoms with Gasteiger partial charge in [-0.25, -0.2) is 0 Å². The average molecular weight is 384 g/mol. The third-order valence-corrected chi connectivity index (χ3v) is 5.61. The van der Waals surface area contributed by atoms with Gasteiger partial charge in [-0.2, -0.15) is 0 Å². The number of nitrogens with two attached hydrogens (primary N) is 1. The minimum absolute atomic E-state index is 0.0215. The lowest BCUT2D eigenvalue weighted by molar-refractivity contribution is -0.137. The van der Waals surface area contributed by atoms with E-state index in [4.69, 9.17) is 5.73 Å². The van der Waals surface area contributed by atoms with Gasteiger partial charge in [0.2, 0.25) is 11.8 Å². The normalized spacial score (nSPS) is 15.2. The van der Waals surface area contributed by atoms with Gasteiger partial charge in [-0.3, -0.25) is 9.59 Å². The Morgan fingerprint density at radius 2 is 1.67 bits per heavy atom. The summed E-state index contributed by atoms with van der Waals surface area (Å²) in [4.78, 5) is 28.4. The fraction of sp³-hybridized carbons (Fsp3) is 0.333. The number of anilines is 1. The summed E-state index contributed by atoms with van der Waals surface area (Å²) in [6.45, 7) is 1.52. The number of nitrogen functional groups attached to an aromatic ring is 1. The van der Waals surface area contributed by atoms with Gasteiger partial charge in [-0.05, 0) is 49.1 Å². The van der Waals surface area contributed by atoms with Crippen LogP contribution in [0.4, 0.5) is 5.69 Å². The summed E-state index contributed by atoms with van der Waals surface area (Å²) < 4.78 is 0. The molecule has 1 aliphatic heterocycles. The maximum Gasteiger partial charge on any atom is 0.249 e. The number of nitrogens with one attached hydrogen (secondary N) is 1. The number of amides is 2. The van der Waals surface area contributed by atoms with Crippen LogP contribution in [0.1, 0.15) is 30.9 Å². The van der Waals surface area contributed by atoms with Gasteiger partial charge in [-0.1, -0.05) is 30.3 Å². The lowest BCUT2D eigenvalue weighted by Gasteiger charge is -2.31. The van der Waals surface area contributed by atoms with Gasteiger partial charge < -0.3 is 16.0 Å². The maximum absolute atomic E-state index is 13.0. The standard InChI is InChI=1S/C21H25N3O2S/c22-17-9-11-18(12-10-17)27-15-19(25)23-20(16-7-3-1-4-8-16)21(26)24-13-5-2-6-14-24/h1,3-4,7-12,20H,2,5-6,13-15,22H2,(H,23,25). The van der Waals surface area contributed by atoms with Crippen LogP contribution in [0.3, 0.4) is 0 Å². The Hall–Kier alpha value is -2.47. The van der Waals surface area contributed by atoms with Crippen molar-refractivity contribution >= 4 is 29.3 Å². The maximum atomic E-state index is 13.0. The molecular formula is C21H25N3O2S. The number of rotatable bonds is 6. The van der Waals surface area contributed by atoms with Crippen LogP contribution >= 0.6 is 11.8 Å². The Morgan fingerprint density at radius 1 is 1.00 bits per heavy atom. The molecule has 5 nitrogen and oxygen atoms in total. The van der Waals surface area contributed by atoms with E-state index in [0.717, 1.165) is 42.8 Å². The molecule has 1 aliphatic rings. The van der Waals surface area contributed by atoms with Crippen LogP contribution in [0, 0.1) is 0 Å². The summed E-state index contributed by atoms with van der Waals surface area (Å²) in [5, 5.41) is 2.94. The zero-order valence-electron chi connectivity index (χ0n) is 15.3. The van der Waals surface area contributed by atoms with Crippen molar-refractivity contribution in [3.8, 4) is 0 Å². The fourth-order valence-corrected chi connectivity index (χ4v) is 3.86. The molecule has 142 valence electrons. The molecule has 6 heteroatoms. The number of nitrogens with zero attached hydrogens (tertiary/aromatic N) is 1.